The molecule has 0 saturated carbocycles. The van der Waals surface area contributed by atoms with Crippen molar-refractivity contribution in [3.05, 3.63) is 71.5 Å². The van der Waals surface area contributed by atoms with E-state index in [4.69, 9.17) is 14.2 Å². The minimum Gasteiger partial charge on any atom is -0.512 e. The van der Waals surface area contributed by atoms with Crippen LogP contribution in [0.1, 0.15) is 24.0 Å². The van der Waals surface area contributed by atoms with Gasteiger partial charge >= 0.3 is 0 Å². The van der Waals surface area contributed by atoms with E-state index in [0.29, 0.717) is 18.8 Å². The molecule has 2 aromatic rings. The van der Waals surface area contributed by atoms with Crippen LogP contribution in [0, 0.1) is 0 Å². The van der Waals surface area contributed by atoms with Gasteiger partial charge in [-0.1, -0.05) is 36.4 Å². The number of aliphatic hydroxyl groups excluding tert-OH is 1. The molecule has 4 rings (SSSR count). The van der Waals surface area contributed by atoms with E-state index in [1.165, 1.54) is 5.56 Å². The first kappa shape index (κ1) is 15.1. The Balaban J connectivity index is 1.58. The van der Waals surface area contributed by atoms with Crippen LogP contribution in [-0.2, 0) is 16.8 Å². The van der Waals surface area contributed by atoms with Crippen LogP contribution in [0.15, 0.2) is 60.4 Å². The Morgan fingerprint density at radius 1 is 1.00 bits per heavy atom. The molecule has 24 heavy (non-hydrogen) atoms. The Morgan fingerprint density at radius 2 is 1.83 bits per heavy atom. The number of rotatable bonds is 4. The van der Waals surface area contributed by atoms with Crippen LogP contribution in [0.3, 0.4) is 0 Å². The lowest BCUT2D eigenvalue weighted by molar-refractivity contribution is -0.0605. The topological polar surface area (TPSA) is 47.9 Å². The van der Waals surface area contributed by atoms with Gasteiger partial charge in [0.2, 0.25) is 6.79 Å². The highest BCUT2D eigenvalue weighted by molar-refractivity contribution is 5.44. The van der Waals surface area contributed by atoms with E-state index in [9.17, 15) is 5.11 Å². The molecule has 4 heteroatoms. The molecule has 0 fully saturated rings. The molecule has 0 bridgehead atoms. The quantitative estimate of drug-likeness (QED) is 0.919. The molecule has 4 nitrogen and oxygen atoms in total. The van der Waals surface area contributed by atoms with Crippen LogP contribution in [0.25, 0.3) is 0 Å². The van der Waals surface area contributed by atoms with Gasteiger partial charge in [0.25, 0.3) is 0 Å². The summed E-state index contributed by atoms with van der Waals surface area (Å²) in [4.78, 5) is 0. The number of aryl methyl sites for hydroxylation is 1. The van der Waals surface area contributed by atoms with Gasteiger partial charge in [-0.05, 0) is 42.2 Å². The first-order valence-corrected chi connectivity index (χ1v) is 8.21. The molecule has 0 aromatic heterocycles. The summed E-state index contributed by atoms with van der Waals surface area (Å²) < 4.78 is 17.0. The Morgan fingerprint density at radius 3 is 2.67 bits per heavy atom. The van der Waals surface area contributed by atoms with Gasteiger partial charge in [-0.2, -0.15) is 0 Å². The van der Waals surface area contributed by atoms with E-state index in [0.717, 1.165) is 29.9 Å². The summed E-state index contributed by atoms with van der Waals surface area (Å²) in [5.41, 5.74) is 1.79. The van der Waals surface area contributed by atoms with E-state index >= 15 is 0 Å². The third-order valence-corrected chi connectivity index (χ3v) is 4.70. The van der Waals surface area contributed by atoms with Crippen LogP contribution in [0.5, 0.6) is 11.5 Å². The second-order valence-corrected chi connectivity index (χ2v) is 6.23. The molecule has 1 atom stereocenters. The average molecular weight is 324 g/mol. The molecule has 0 aliphatic carbocycles. The summed E-state index contributed by atoms with van der Waals surface area (Å²) >= 11 is 0. The van der Waals surface area contributed by atoms with Gasteiger partial charge in [0.15, 0.2) is 11.5 Å². The van der Waals surface area contributed by atoms with Gasteiger partial charge in [-0.3, -0.25) is 0 Å². The molecular formula is C20H20O4. The predicted molar refractivity (Wildman–Crippen MR) is 90.3 cm³/mol. The van der Waals surface area contributed by atoms with Crippen LogP contribution >= 0.6 is 0 Å². The highest BCUT2D eigenvalue weighted by atomic mass is 16.7. The number of hydrogen-bond donors (Lipinski definition) is 1. The highest BCUT2D eigenvalue weighted by Gasteiger charge is 2.36. The maximum absolute atomic E-state index is 10.1. The first-order chi connectivity index (χ1) is 11.8. The molecular weight excluding hydrogens is 304 g/mol. The average Bonchev–Trinajstić information content (AvgIpc) is 3.08. The number of hydrogen-bond acceptors (Lipinski definition) is 4. The Bertz CT molecular complexity index is 753. The zero-order valence-corrected chi connectivity index (χ0v) is 13.4. The van der Waals surface area contributed by atoms with E-state index in [1.54, 1.807) is 6.08 Å². The zero-order valence-electron chi connectivity index (χ0n) is 13.4. The van der Waals surface area contributed by atoms with Gasteiger partial charge in [-0.15, -0.1) is 0 Å². The van der Waals surface area contributed by atoms with Crippen LogP contribution < -0.4 is 9.47 Å². The number of benzene rings is 2. The molecule has 1 N–H and O–H groups in total. The molecule has 0 saturated heterocycles. The fourth-order valence-corrected chi connectivity index (χ4v) is 3.39. The summed E-state index contributed by atoms with van der Waals surface area (Å²) in [6.45, 7) is 0.719. The fourth-order valence-electron chi connectivity index (χ4n) is 3.39. The monoisotopic (exact) mass is 324 g/mol. The normalized spacial score (nSPS) is 22.2. The Labute approximate surface area is 141 Å². The largest absolute Gasteiger partial charge is 0.512 e. The van der Waals surface area contributed by atoms with Crippen molar-refractivity contribution in [2.75, 3.05) is 13.4 Å². The van der Waals surface area contributed by atoms with E-state index in [2.05, 4.69) is 18.2 Å². The molecule has 2 aliphatic heterocycles. The van der Waals surface area contributed by atoms with Gasteiger partial charge in [0.1, 0.15) is 5.60 Å². The van der Waals surface area contributed by atoms with Crippen LogP contribution in [0.4, 0.5) is 0 Å². The summed E-state index contributed by atoms with van der Waals surface area (Å²) in [5, 5.41) is 10.1. The van der Waals surface area contributed by atoms with Crippen molar-refractivity contribution in [3.8, 4) is 11.5 Å². The third kappa shape index (κ3) is 2.85. The van der Waals surface area contributed by atoms with Crippen molar-refractivity contribution >= 4 is 0 Å². The molecule has 0 radical (unpaired) electrons. The molecule has 124 valence electrons. The minimum absolute atomic E-state index is 0.286. The van der Waals surface area contributed by atoms with Gasteiger partial charge in [0, 0.05) is 6.42 Å². The second-order valence-electron chi connectivity index (χ2n) is 6.23. The van der Waals surface area contributed by atoms with Crippen molar-refractivity contribution in [3.63, 3.8) is 0 Å². The van der Waals surface area contributed by atoms with Crippen molar-refractivity contribution in [2.45, 2.75) is 24.9 Å². The van der Waals surface area contributed by atoms with Gasteiger partial charge in [-0.25, -0.2) is 0 Å². The van der Waals surface area contributed by atoms with Gasteiger partial charge in [0.05, 0.1) is 12.4 Å². The summed E-state index contributed by atoms with van der Waals surface area (Å²) in [6, 6.07) is 16.2. The van der Waals surface area contributed by atoms with E-state index < -0.39 is 5.60 Å². The first-order valence-electron chi connectivity index (χ1n) is 8.21. The molecule has 0 amide bonds. The van der Waals surface area contributed by atoms with Crippen LogP contribution in [-0.4, -0.2) is 18.5 Å². The predicted octanol–water partition coefficient (Wildman–Crippen LogP) is 4.11. The smallest absolute Gasteiger partial charge is 0.231 e. The molecule has 0 spiro atoms. The lowest BCUT2D eigenvalue weighted by Gasteiger charge is -2.36. The SMILES string of the molecule is OC1=CCOC(CCc2ccc3c(c2)OCO3)(c2ccccc2)C1. The van der Waals surface area contributed by atoms with E-state index in [1.807, 2.05) is 30.3 Å². The standard InChI is InChI=1S/C20H20O4/c21-17-9-11-24-20(13-17,16-4-2-1-3-5-16)10-8-15-6-7-18-19(12-15)23-14-22-18/h1-7,9,12,21H,8,10-11,13-14H2. The van der Waals surface area contributed by atoms with E-state index in [-0.39, 0.29) is 6.79 Å². The summed E-state index contributed by atoms with van der Waals surface area (Å²) in [6.07, 6.45) is 3.86. The summed E-state index contributed by atoms with van der Waals surface area (Å²) in [5.74, 6) is 2.00. The Hall–Kier alpha value is -2.46. The lowest BCUT2D eigenvalue weighted by Crippen LogP contribution is -2.34. The molecule has 2 aromatic carbocycles. The fraction of sp³-hybridized carbons (Fsp3) is 0.300. The highest BCUT2D eigenvalue weighted by Crippen LogP contribution is 2.40. The van der Waals surface area contributed by atoms with Crippen molar-refractivity contribution in [1.29, 1.82) is 0 Å². The van der Waals surface area contributed by atoms with Crippen molar-refractivity contribution in [1.82, 2.24) is 0 Å². The number of ether oxygens (including phenoxy) is 3. The minimum atomic E-state index is -0.490. The van der Waals surface area contributed by atoms with Gasteiger partial charge < -0.3 is 19.3 Å². The maximum atomic E-state index is 10.1. The van der Waals surface area contributed by atoms with Crippen molar-refractivity contribution < 1.29 is 19.3 Å². The Kier molecular flexibility index (Phi) is 3.90. The third-order valence-electron chi connectivity index (χ3n) is 4.70. The van der Waals surface area contributed by atoms with Crippen LogP contribution in [0.2, 0.25) is 0 Å². The summed E-state index contributed by atoms with van der Waals surface area (Å²) in [7, 11) is 0. The lowest BCUT2D eigenvalue weighted by atomic mass is 9.83. The zero-order chi connectivity index (χ0) is 16.4. The molecule has 1 unspecified atom stereocenters. The number of aliphatic hydroxyl groups is 1. The molecule has 2 heterocycles. The number of fused-ring (bicyclic) bond motifs is 1. The second kappa shape index (κ2) is 6.21. The maximum Gasteiger partial charge on any atom is 0.231 e. The molecule has 2 aliphatic rings. The van der Waals surface area contributed by atoms with Crippen molar-refractivity contribution in [2.24, 2.45) is 0 Å².